The minimum Gasteiger partial charge on any atom is -0.480 e. The molecule has 0 aromatic rings. The van der Waals surface area contributed by atoms with E-state index in [1.54, 1.807) is 0 Å². The fraction of sp³-hybridized carbons (Fsp3) is 0.667. The van der Waals surface area contributed by atoms with Crippen molar-refractivity contribution in [3.8, 4) is 0 Å². The van der Waals surface area contributed by atoms with Crippen molar-refractivity contribution in [1.29, 1.82) is 0 Å². The summed E-state index contributed by atoms with van der Waals surface area (Å²) in [6, 6.07) is -0.496. The van der Waals surface area contributed by atoms with Gasteiger partial charge in [-0.1, -0.05) is 5.16 Å². The van der Waals surface area contributed by atoms with Crippen LogP contribution >= 0.6 is 0 Å². The summed E-state index contributed by atoms with van der Waals surface area (Å²) in [4.78, 5) is 14.9. The molecule has 11 heavy (non-hydrogen) atoms. The maximum absolute atomic E-state index is 10.4. The smallest absolute Gasteiger partial charge is 0.321 e. The van der Waals surface area contributed by atoms with Crippen LogP contribution in [-0.2, 0) is 9.63 Å². The van der Waals surface area contributed by atoms with Crippen molar-refractivity contribution in [1.82, 2.24) is 5.32 Å². The average Bonchev–Trinajstić information content (AvgIpc) is 2.37. The number of oxime groups is 1. The second-order valence-corrected chi connectivity index (χ2v) is 2.32. The summed E-state index contributed by atoms with van der Waals surface area (Å²) in [5.41, 5.74) is 0.750. The van der Waals surface area contributed by atoms with Crippen molar-refractivity contribution in [2.75, 3.05) is 13.7 Å². The topological polar surface area (TPSA) is 70.9 Å². The van der Waals surface area contributed by atoms with E-state index in [4.69, 9.17) is 5.11 Å². The van der Waals surface area contributed by atoms with Gasteiger partial charge in [0, 0.05) is 13.0 Å². The zero-order valence-electron chi connectivity index (χ0n) is 6.20. The number of rotatable bonds is 2. The second-order valence-electron chi connectivity index (χ2n) is 2.32. The summed E-state index contributed by atoms with van der Waals surface area (Å²) in [5, 5.41) is 15.0. The summed E-state index contributed by atoms with van der Waals surface area (Å²) < 4.78 is 0. The molecule has 0 aromatic carbocycles. The monoisotopic (exact) mass is 158 g/mol. The lowest BCUT2D eigenvalue weighted by atomic mass is 10.2. The zero-order valence-corrected chi connectivity index (χ0v) is 6.20. The Hall–Kier alpha value is -1.10. The minimum absolute atomic E-state index is 0.434. The van der Waals surface area contributed by atoms with Gasteiger partial charge in [0.2, 0.25) is 0 Å². The predicted molar refractivity (Wildman–Crippen MR) is 38.5 cm³/mol. The Labute approximate surface area is 64.0 Å². The van der Waals surface area contributed by atoms with Crippen LogP contribution in [-0.4, -0.2) is 36.5 Å². The third kappa shape index (κ3) is 1.91. The van der Waals surface area contributed by atoms with E-state index in [1.165, 1.54) is 7.11 Å². The second kappa shape index (κ2) is 3.34. The Morgan fingerprint density at radius 2 is 2.64 bits per heavy atom. The van der Waals surface area contributed by atoms with Crippen LogP contribution in [0.4, 0.5) is 0 Å². The Morgan fingerprint density at radius 3 is 3.09 bits per heavy atom. The van der Waals surface area contributed by atoms with Gasteiger partial charge in [0.15, 0.2) is 0 Å². The molecule has 0 amide bonds. The Morgan fingerprint density at radius 1 is 1.91 bits per heavy atom. The standard InChI is InChI=1S/C6H10N2O3/c1-11-8-4-2-5(6(9)10)7-3-4/h5,7H,2-3H2,1H3,(H,9,10). The number of nitrogens with zero attached hydrogens (tertiary/aromatic N) is 1. The third-order valence-corrected chi connectivity index (χ3v) is 1.51. The SMILES string of the molecule is CON=C1CNC(C(=O)O)C1. The molecular weight excluding hydrogens is 148 g/mol. The number of aliphatic carboxylic acids is 1. The largest absolute Gasteiger partial charge is 0.480 e. The van der Waals surface area contributed by atoms with E-state index in [9.17, 15) is 4.79 Å². The summed E-state index contributed by atoms with van der Waals surface area (Å²) in [5.74, 6) is -0.841. The van der Waals surface area contributed by atoms with E-state index in [-0.39, 0.29) is 0 Å². The van der Waals surface area contributed by atoms with Gasteiger partial charge in [-0.25, -0.2) is 0 Å². The van der Waals surface area contributed by atoms with Gasteiger partial charge < -0.3 is 9.94 Å². The first-order valence-corrected chi connectivity index (χ1v) is 3.29. The van der Waals surface area contributed by atoms with Crippen LogP contribution in [0.2, 0.25) is 0 Å². The summed E-state index contributed by atoms with van der Waals surface area (Å²) in [6.07, 6.45) is 0.434. The van der Waals surface area contributed by atoms with Crippen LogP contribution in [0.1, 0.15) is 6.42 Å². The molecule has 1 fully saturated rings. The highest BCUT2D eigenvalue weighted by Gasteiger charge is 2.26. The molecule has 1 aliphatic rings. The van der Waals surface area contributed by atoms with E-state index >= 15 is 0 Å². The Balaban J connectivity index is 2.47. The molecule has 0 aliphatic carbocycles. The van der Waals surface area contributed by atoms with Crippen molar-refractivity contribution >= 4 is 11.7 Å². The fourth-order valence-corrected chi connectivity index (χ4v) is 0.994. The summed E-state index contributed by atoms with van der Waals surface area (Å²) in [7, 11) is 1.45. The van der Waals surface area contributed by atoms with Crippen molar-refractivity contribution in [3.05, 3.63) is 0 Å². The first-order valence-electron chi connectivity index (χ1n) is 3.29. The van der Waals surface area contributed by atoms with Crippen molar-refractivity contribution in [2.24, 2.45) is 5.16 Å². The number of hydrogen-bond donors (Lipinski definition) is 2. The fourth-order valence-electron chi connectivity index (χ4n) is 0.994. The lowest BCUT2D eigenvalue weighted by Gasteiger charge is -1.98. The van der Waals surface area contributed by atoms with E-state index in [1.807, 2.05) is 0 Å². The number of nitrogens with one attached hydrogen (secondary N) is 1. The van der Waals surface area contributed by atoms with Crippen LogP contribution in [0.25, 0.3) is 0 Å². The Kier molecular flexibility index (Phi) is 2.43. The highest BCUT2D eigenvalue weighted by atomic mass is 16.6. The molecule has 1 rings (SSSR count). The molecule has 1 atom stereocenters. The van der Waals surface area contributed by atoms with Gasteiger partial charge in [-0.2, -0.15) is 0 Å². The van der Waals surface area contributed by atoms with Crippen LogP contribution in [0.3, 0.4) is 0 Å². The van der Waals surface area contributed by atoms with Crippen molar-refractivity contribution in [3.63, 3.8) is 0 Å². The van der Waals surface area contributed by atoms with Gasteiger partial charge >= 0.3 is 5.97 Å². The van der Waals surface area contributed by atoms with E-state index in [2.05, 4.69) is 15.3 Å². The highest BCUT2D eigenvalue weighted by molar-refractivity contribution is 5.94. The number of carboxylic acid groups (broad SMARTS) is 1. The quantitative estimate of drug-likeness (QED) is 0.528. The molecule has 1 unspecified atom stereocenters. The molecular formula is C6H10N2O3. The summed E-state index contributed by atoms with van der Waals surface area (Å²) in [6.45, 7) is 0.505. The molecule has 5 nitrogen and oxygen atoms in total. The maximum Gasteiger partial charge on any atom is 0.321 e. The molecule has 0 bridgehead atoms. The average molecular weight is 158 g/mol. The van der Waals surface area contributed by atoms with Crippen LogP contribution in [0.15, 0.2) is 5.16 Å². The van der Waals surface area contributed by atoms with Gasteiger partial charge in [-0.3, -0.25) is 10.1 Å². The lowest BCUT2D eigenvalue weighted by molar-refractivity contribution is -0.138. The van der Waals surface area contributed by atoms with E-state index in [0.717, 1.165) is 5.71 Å². The highest BCUT2D eigenvalue weighted by Crippen LogP contribution is 2.03. The van der Waals surface area contributed by atoms with Crippen molar-refractivity contribution < 1.29 is 14.7 Å². The molecule has 0 saturated carbocycles. The van der Waals surface area contributed by atoms with Gasteiger partial charge in [0.25, 0.3) is 0 Å². The molecule has 2 N–H and O–H groups in total. The number of hydrogen-bond acceptors (Lipinski definition) is 4. The zero-order chi connectivity index (χ0) is 8.27. The number of carbonyl (C=O) groups is 1. The molecule has 0 spiro atoms. The maximum atomic E-state index is 10.4. The van der Waals surface area contributed by atoms with E-state index in [0.29, 0.717) is 13.0 Å². The lowest BCUT2D eigenvalue weighted by Crippen LogP contribution is -2.29. The van der Waals surface area contributed by atoms with E-state index < -0.39 is 12.0 Å². The normalized spacial score (nSPS) is 27.4. The van der Waals surface area contributed by atoms with Crippen LogP contribution in [0, 0.1) is 0 Å². The molecule has 62 valence electrons. The molecule has 5 heteroatoms. The molecule has 1 saturated heterocycles. The number of carboxylic acids is 1. The van der Waals surface area contributed by atoms with Crippen LogP contribution < -0.4 is 5.32 Å². The molecule has 0 aromatic heterocycles. The summed E-state index contributed by atoms with van der Waals surface area (Å²) >= 11 is 0. The van der Waals surface area contributed by atoms with Gasteiger partial charge in [-0.05, 0) is 0 Å². The molecule has 0 radical (unpaired) electrons. The van der Waals surface area contributed by atoms with Crippen LogP contribution in [0.5, 0.6) is 0 Å². The molecule has 1 aliphatic heterocycles. The first kappa shape index (κ1) is 8.00. The minimum atomic E-state index is -0.841. The van der Waals surface area contributed by atoms with Crippen molar-refractivity contribution in [2.45, 2.75) is 12.5 Å². The van der Waals surface area contributed by atoms with Gasteiger partial charge in [0.1, 0.15) is 13.2 Å². The first-order chi connectivity index (χ1) is 5.24. The molecule has 1 heterocycles. The predicted octanol–water partition coefficient (Wildman–Crippen LogP) is -0.565. The van der Waals surface area contributed by atoms with Gasteiger partial charge in [-0.15, -0.1) is 0 Å². The Bertz CT molecular complexity index is 190. The third-order valence-electron chi connectivity index (χ3n) is 1.51. The van der Waals surface area contributed by atoms with Gasteiger partial charge in [0.05, 0.1) is 5.71 Å².